The zero-order valence-electron chi connectivity index (χ0n) is 8.18. The number of thioether (sulfide) groups is 1. The van der Waals surface area contributed by atoms with Gasteiger partial charge in [-0.05, 0) is 17.2 Å². The maximum atomic E-state index is 5.86. The molecule has 0 bridgehead atoms. The molecule has 0 amide bonds. The Morgan fingerprint density at radius 2 is 2.07 bits per heavy atom. The van der Waals surface area contributed by atoms with Gasteiger partial charge in [0.25, 0.3) is 0 Å². The Balaban J connectivity index is 2.19. The Hall–Kier alpha value is -1.41. The molecule has 2 heteroatoms. The normalized spacial score (nSPS) is 22.5. The van der Waals surface area contributed by atoms with Gasteiger partial charge in [0.15, 0.2) is 0 Å². The van der Waals surface area contributed by atoms with E-state index in [1.165, 1.54) is 16.0 Å². The topological polar surface area (TPSA) is 26.0 Å². The van der Waals surface area contributed by atoms with Crippen LogP contribution in [0.2, 0.25) is 0 Å². The molecule has 3 rings (SSSR count). The van der Waals surface area contributed by atoms with Gasteiger partial charge in [-0.2, -0.15) is 0 Å². The van der Waals surface area contributed by atoms with Crippen molar-refractivity contribution in [2.24, 2.45) is 5.73 Å². The third kappa shape index (κ3) is 1.41. The quantitative estimate of drug-likeness (QED) is 0.716. The molecule has 1 aliphatic heterocycles. The van der Waals surface area contributed by atoms with Crippen LogP contribution in [-0.2, 0) is 0 Å². The van der Waals surface area contributed by atoms with Gasteiger partial charge in [0.2, 0.25) is 0 Å². The van der Waals surface area contributed by atoms with Gasteiger partial charge in [-0.1, -0.05) is 54.3 Å². The average molecular weight is 213 g/mol. The highest BCUT2D eigenvalue weighted by molar-refractivity contribution is 8.07. The standard InChI is InChI=1S/C13H11NS/c14-13-8-11-10-6-2-1-4-9(10)5-3-7-12(11)15-13/h1-8,11H,14H2. The first-order valence-corrected chi connectivity index (χ1v) is 5.78. The highest BCUT2D eigenvalue weighted by atomic mass is 32.2. The first kappa shape index (κ1) is 8.86. The number of fused-ring (bicyclic) bond motifs is 3. The van der Waals surface area contributed by atoms with E-state index in [4.69, 9.17) is 5.73 Å². The molecule has 1 heterocycles. The second kappa shape index (κ2) is 3.31. The van der Waals surface area contributed by atoms with E-state index in [1.54, 1.807) is 11.8 Å². The van der Waals surface area contributed by atoms with Crippen LogP contribution in [0.3, 0.4) is 0 Å². The molecule has 1 atom stereocenters. The van der Waals surface area contributed by atoms with Gasteiger partial charge in [0, 0.05) is 10.8 Å². The molecular weight excluding hydrogens is 202 g/mol. The molecule has 1 unspecified atom stereocenters. The largest absolute Gasteiger partial charge is 0.393 e. The molecule has 0 spiro atoms. The second-order valence-electron chi connectivity index (χ2n) is 3.71. The predicted octanol–water partition coefficient (Wildman–Crippen LogP) is 3.23. The van der Waals surface area contributed by atoms with Crippen molar-refractivity contribution in [1.82, 2.24) is 0 Å². The number of allylic oxidation sites excluding steroid dienone is 4. The lowest BCUT2D eigenvalue weighted by atomic mass is 9.95. The van der Waals surface area contributed by atoms with E-state index in [1.807, 2.05) is 0 Å². The Kier molecular flexibility index (Phi) is 1.96. The number of benzene rings is 1. The van der Waals surface area contributed by atoms with Gasteiger partial charge in [-0.15, -0.1) is 0 Å². The van der Waals surface area contributed by atoms with Crippen molar-refractivity contribution < 1.29 is 0 Å². The van der Waals surface area contributed by atoms with Crippen LogP contribution >= 0.6 is 11.8 Å². The van der Waals surface area contributed by atoms with Crippen LogP contribution in [0.25, 0.3) is 6.08 Å². The lowest BCUT2D eigenvalue weighted by Crippen LogP contribution is -1.95. The first-order chi connectivity index (χ1) is 7.34. The van der Waals surface area contributed by atoms with E-state index in [9.17, 15) is 0 Å². The zero-order chi connectivity index (χ0) is 10.3. The molecule has 0 saturated heterocycles. The van der Waals surface area contributed by atoms with E-state index < -0.39 is 0 Å². The molecule has 0 radical (unpaired) electrons. The van der Waals surface area contributed by atoms with Crippen LogP contribution in [0.4, 0.5) is 0 Å². The lowest BCUT2D eigenvalue weighted by molar-refractivity contribution is 1.07. The summed E-state index contributed by atoms with van der Waals surface area (Å²) in [6.07, 6.45) is 8.56. The Morgan fingerprint density at radius 3 is 3.00 bits per heavy atom. The third-order valence-corrected chi connectivity index (χ3v) is 3.74. The third-order valence-electron chi connectivity index (χ3n) is 2.74. The molecule has 0 aromatic heterocycles. The molecule has 0 saturated carbocycles. The Bertz CT molecular complexity index is 497. The minimum atomic E-state index is 0.362. The summed E-state index contributed by atoms with van der Waals surface area (Å²) in [5.74, 6) is 0.362. The molecule has 15 heavy (non-hydrogen) atoms. The maximum Gasteiger partial charge on any atom is 0.0669 e. The molecular formula is C13H11NS. The van der Waals surface area contributed by atoms with E-state index >= 15 is 0 Å². The van der Waals surface area contributed by atoms with Crippen LogP contribution in [-0.4, -0.2) is 0 Å². The molecule has 1 aliphatic carbocycles. The van der Waals surface area contributed by atoms with E-state index in [0.717, 1.165) is 5.03 Å². The summed E-state index contributed by atoms with van der Waals surface area (Å²) in [4.78, 5) is 1.33. The number of hydrogen-bond donors (Lipinski definition) is 1. The summed E-state index contributed by atoms with van der Waals surface area (Å²) in [5, 5.41) is 0.913. The van der Waals surface area contributed by atoms with Gasteiger partial charge in [0.1, 0.15) is 0 Å². The molecule has 1 nitrogen and oxygen atoms in total. The fraction of sp³-hybridized carbons (Fsp3) is 0.0769. The van der Waals surface area contributed by atoms with Gasteiger partial charge in [-0.3, -0.25) is 0 Å². The number of rotatable bonds is 0. The molecule has 2 N–H and O–H groups in total. The minimum Gasteiger partial charge on any atom is -0.393 e. The monoisotopic (exact) mass is 213 g/mol. The highest BCUT2D eigenvalue weighted by Gasteiger charge is 2.24. The van der Waals surface area contributed by atoms with Gasteiger partial charge >= 0.3 is 0 Å². The summed E-state index contributed by atoms with van der Waals surface area (Å²) in [6, 6.07) is 8.49. The van der Waals surface area contributed by atoms with Crippen molar-refractivity contribution in [2.45, 2.75) is 5.92 Å². The van der Waals surface area contributed by atoms with Crippen molar-refractivity contribution in [1.29, 1.82) is 0 Å². The van der Waals surface area contributed by atoms with Crippen LogP contribution in [0, 0.1) is 0 Å². The first-order valence-electron chi connectivity index (χ1n) is 4.97. The Morgan fingerprint density at radius 1 is 1.20 bits per heavy atom. The van der Waals surface area contributed by atoms with Gasteiger partial charge in [0.05, 0.1) is 5.03 Å². The smallest absolute Gasteiger partial charge is 0.0669 e. The number of hydrogen-bond acceptors (Lipinski definition) is 2. The van der Waals surface area contributed by atoms with Crippen molar-refractivity contribution in [3.63, 3.8) is 0 Å². The van der Waals surface area contributed by atoms with Crippen molar-refractivity contribution >= 4 is 17.8 Å². The maximum absolute atomic E-state index is 5.86. The summed E-state index contributed by atoms with van der Waals surface area (Å²) in [5.41, 5.74) is 8.51. The van der Waals surface area contributed by atoms with Gasteiger partial charge in [-0.25, -0.2) is 0 Å². The Labute approximate surface area is 93.4 Å². The van der Waals surface area contributed by atoms with Gasteiger partial charge < -0.3 is 5.73 Å². The number of nitrogens with two attached hydrogens (primary N) is 1. The van der Waals surface area contributed by atoms with E-state index in [-0.39, 0.29) is 0 Å². The summed E-state index contributed by atoms with van der Waals surface area (Å²) in [7, 11) is 0. The summed E-state index contributed by atoms with van der Waals surface area (Å²) < 4.78 is 0. The van der Waals surface area contributed by atoms with Crippen LogP contribution in [0.1, 0.15) is 17.0 Å². The highest BCUT2D eigenvalue weighted by Crippen LogP contribution is 2.45. The summed E-state index contributed by atoms with van der Waals surface area (Å²) in [6.45, 7) is 0. The van der Waals surface area contributed by atoms with Crippen LogP contribution in [0.5, 0.6) is 0 Å². The lowest BCUT2D eigenvalue weighted by Gasteiger charge is -2.11. The molecule has 1 aromatic carbocycles. The minimum absolute atomic E-state index is 0.362. The predicted molar refractivity (Wildman–Crippen MR) is 66.2 cm³/mol. The fourth-order valence-corrected chi connectivity index (χ4v) is 3.00. The molecule has 2 aliphatic rings. The zero-order valence-corrected chi connectivity index (χ0v) is 9.00. The van der Waals surface area contributed by atoms with E-state index in [2.05, 4.69) is 48.6 Å². The SMILES string of the molecule is NC1=CC2C(=CC=Cc3ccccc32)S1. The van der Waals surface area contributed by atoms with Crippen molar-refractivity contribution in [3.8, 4) is 0 Å². The fourth-order valence-electron chi connectivity index (χ4n) is 2.05. The molecule has 74 valence electrons. The summed E-state index contributed by atoms with van der Waals surface area (Å²) >= 11 is 1.68. The average Bonchev–Trinajstić information content (AvgIpc) is 2.52. The molecule has 1 aromatic rings. The second-order valence-corrected chi connectivity index (χ2v) is 4.85. The van der Waals surface area contributed by atoms with Crippen molar-refractivity contribution in [2.75, 3.05) is 0 Å². The van der Waals surface area contributed by atoms with Crippen LogP contribution in [0.15, 0.2) is 52.4 Å². The van der Waals surface area contributed by atoms with Crippen molar-refractivity contribution in [3.05, 3.63) is 63.6 Å². The molecule has 0 fully saturated rings. The van der Waals surface area contributed by atoms with E-state index in [0.29, 0.717) is 5.92 Å². The van der Waals surface area contributed by atoms with Crippen LogP contribution < -0.4 is 5.73 Å².